The first kappa shape index (κ1) is 18.5. The zero-order valence-corrected chi connectivity index (χ0v) is 14.4. The smallest absolute Gasteiger partial charge is 0.269 e. The third-order valence-corrected chi connectivity index (χ3v) is 3.90. The van der Waals surface area contributed by atoms with Gasteiger partial charge in [0.25, 0.3) is 11.8 Å². The van der Waals surface area contributed by atoms with Crippen LogP contribution in [0.2, 0.25) is 5.02 Å². The number of anilines is 1. The van der Waals surface area contributed by atoms with E-state index < -0.39 is 23.4 Å². The van der Waals surface area contributed by atoms with Crippen molar-refractivity contribution in [2.75, 3.05) is 5.32 Å². The Morgan fingerprint density at radius 1 is 1.22 bits per heavy atom. The quantitative estimate of drug-likeness (QED) is 0.652. The lowest BCUT2D eigenvalue weighted by Crippen LogP contribution is -2.17. The van der Waals surface area contributed by atoms with Crippen LogP contribution in [0.5, 0.6) is 0 Å². The van der Waals surface area contributed by atoms with Crippen molar-refractivity contribution in [2.24, 2.45) is 5.73 Å². The van der Waals surface area contributed by atoms with Crippen LogP contribution in [-0.2, 0) is 6.54 Å². The molecular formula is C17H12ClF2N5O2. The molecule has 0 aliphatic carbocycles. The fourth-order valence-corrected chi connectivity index (χ4v) is 2.54. The lowest BCUT2D eigenvalue weighted by Gasteiger charge is -2.10. The standard InChI is InChI=1S/C17H12ClF2N5O2/c18-11-5-13(20)12(19)4-10(11)17(27)23-15-6-14(16(21)26)24-25(15)8-9-2-1-3-22-7-9/h1-7H,8H2,(H2,21,26)(H,23,27). The molecule has 3 rings (SSSR count). The number of nitrogens with two attached hydrogens (primary N) is 1. The maximum Gasteiger partial charge on any atom is 0.269 e. The molecule has 0 unspecified atom stereocenters. The van der Waals surface area contributed by atoms with Gasteiger partial charge in [-0.1, -0.05) is 17.7 Å². The Hall–Kier alpha value is -3.33. The van der Waals surface area contributed by atoms with Crippen LogP contribution in [0.1, 0.15) is 26.4 Å². The van der Waals surface area contributed by atoms with Crippen LogP contribution in [0.4, 0.5) is 14.6 Å². The van der Waals surface area contributed by atoms with E-state index in [0.29, 0.717) is 12.1 Å². The Morgan fingerprint density at radius 2 is 1.96 bits per heavy atom. The van der Waals surface area contributed by atoms with Crippen molar-refractivity contribution in [2.45, 2.75) is 6.54 Å². The van der Waals surface area contributed by atoms with Crippen LogP contribution < -0.4 is 11.1 Å². The van der Waals surface area contributed by atoms with E-state index in [0.717, 1.165) is 5.56 Å². The Labute approximate surface area is 156 Å². The maximum absolute atomic E-state index is 13.4. The SMILES string of the molecule is NC(=O)c1cc(NC(=O)c2cc(F)c(F)cc2Cl)n(Cc2cccnc2)n1. The van der Waals surface area contributed by atoms with Gasteiger partial charge in [0.1, 0.15) is 5.82 Å². The average molecular weight is 392 g/mol. The molecule has 0 radical (unpaired) electrons. The second-order valence-electron chi connectivity index (χ2n) is 5.50. The molecule has 1 aromatic carbocycles. The van der Waals surface area contributed by atoms with E-state index in [2.05, 4.69) is 15.4 Å². The summed E-state index contributed by atoms with van der Waals surface area (Å²) in [5, 5.41) is 6.24. The third-order valence-electron chi connectivity index (χ3n) is 3.58. The van der Waals surface area contributed by atoms with Gasteiger partial charge in [0.2, 0.25) is 0 Å². The number of hydrogen-bond acceptors (Lipinski definition) is 4. The van der Waals surface area contributed by atoms with E-state index in [1.54, 1.807) is 24.5 Å². The fourth-order valence-electron chi connectivity index (χ4n) is 2.30. The van der Waals surface area contributed by atoms with Crippen LogP contribution in [0.3, 0.4) is 0 Å². The molecule has 0 fully saturated rings. The van der Waals surface area contributed by atoms with Crippen LogP contribution in [-0.4, -0.2) is 26.6 Å². The molecule has 0 aliphatic rings. The highest BCUT2D eigenvalue weighted by Crippen LogP contribution is 2.22. The number of nitrogens with zero attached hydrogens (tertiary/aromatic N) is 3. The minimum atomic E-state index is -1.22. The number of carbonyl (C=O) groups is 2. The molecule has 0 spiro atoms. The molecule has 3 aromatic rings. The Bertz CT molecular complexity index is 1020. The van der Waals surface area contributed by atoms with Gasteiger partial charge < -0.3 is 11.1 Å². The van der Waals surface area contributed by atoms with Crippen molar-refractivity contribution >= 4 is 29.2 Å². The average Bonchev–Trinajstić information content (AvgIpc) is 3.01. The van der Waals surface area contributed by atoms with Crippen LogP contribution in [0, 0.1) is 11.6 Å². The highest BCUT2D eigenvalue weighted by atomic mass is 35.5. The molecule has 3 N–H and O–H groups in total. The number of hydrogen-bond donors (Lipinski definition) is 2. The van der Waals surface area contributed by atoms with Gasteiger partial charge >= 0.3 is 0 Å². The number of halogens is 3. The van der Waals surface area contributed by atoms with E-state index >= 15 is 0 Å². The lowest BCUT2D eigenvalue weighted by atomic mass is 10.2. The highest BCUT2D eigenvalue weighted by Gasteiger charge is 2.19. The lowest BCUT2D eigenvalue weighted by molar-refractivity contribution is 0.0992. The van der Waals surface area contributed by atoms with Crippen molar-refractivity contribution in [3.05, 3.63) is 76.2 Å². The minimum Gasteiger partial charge on any atom is -0.364 e. The van der Waals surface area contributed by atoms with Crippen LogP contribution >= 0.6 is 11.6 Å². The molecule has 138 valence electrons. The summed E-state index contributed by atoms with van der Waals surface area (Å²) < 4.78 is 27.9. The molecule has 10 heteroatoms. The first-order valence-electron chi connectivity index (χ1n) is 7.57. The van der Waals surface area contributed by atoms with E-state index in [1.807, 2.05) is 0 Å². The molecule has 27 heavy (non-hydrogen) atoms. The van der Waals surface area contributed by atoms with Crippen molar-refractivity contribution < 1.29 is 18.4 Å². The fraction of sp³-hybridized carbons (Fsp3) is 0.0588. The van der Waals surface area contributed by atoms with E-state index in [4.69, 9.17) is 17.3 Å². The van der Waals surface area contributed by atoms with Gasteiger partial charge in [-0.2, -0.15) is 5.10 Å². The van der Waals surface area contributed by atoms with Gasteiger partial charge in [0, 0.05) is 18.5 Å². The second kappa shape index (κ2) is 7.50. The van der Waals surface area contributed by atoms with Gasteiger partial charge in [-0.05, 0) is 23.8 Å². The summed E-state index contributed by atoms with van der Waals surface area (Å²) >= 11 is 5.82. The summed E-state index contributed by atoms with van der Waals surface area (Å²) in [5.74, 6) is -3.86. The third kappa shape index (κ3) is 4.09. The maximum atomic E-state index is 13.4. The van der Waals surface area contributed by atoms with Gasteiger partial charge in [-0.3, -0.25) is 14.6 Å². The predicted molar refractivity (Wildman–Crippen MR) is 93.4 cm³/mol. The molecule has 0 saturated carbocycles. The summed E-state index contributed by atoms with van der Waals surface area (Å²) in [5.41, 5.74) is 5.64. The number of aromatic nitrogens is 3. The monoisotopic (exact) mass is 391 g/mol. The van der Waals surface area contributed by atoms with E-state index in [-0.39, 0.29) is 28.6 Å². The van der Waals surface area contributed by atoms with Crippen molar-refractivity contribution in [3.8, 4) is 0 Å². The zero-order chi connectivity index (χ0) is 19.6. The number of primary amides is 1. The zero-order valence-electron chi connectivity index (χ0n) is 13.6. The summed E-state index contributed by atoms with van der Waals surface area (Å²) in [7, 11) is 0. The van der Waals surface area contributed by atoms with Crippen LogP contribution in [0.15, 0.2) is 42.7 Å². The largest absolute Gasteiger partial charge is 0.364 e. The highest BCUT2D eigenvalue weighted by molar-refractivity contribution is 6.34. The molecular weight excluding hydrogens is 380 g/mol. The molecule has 0 saturated heterocycles. The number of carbonyl (C=O) groups excluding carboxylic acids is 2. The number of amides is 2. The summed E-state index contributed by atoms with van der Waals surface area (Å²) in [4.78, 5) is 27.8. The molecule has 0 bridgehead atoms. The second-order valence-corrected chi connectivity index (χ2v) is 5.91. The first-order chi connectivity index (χ1) is 12.8. The van der Waals surface area contributed by atoms with Crippen LogP contribution in [0.25, 0.3) is 0 Å². The van der Waals surface area contributed by atoms with Gasteiger partial charge in [-0.25, -0.2) is 13.5 Å². The number of nitrogens with one attached hydrogen (secondary N) is 1. The molecule has 2 amide bonds. The predicted octanol–water partition coefficient (Wildman–Crippen LogP) is 2.61. The molecule has 7 nitrogen and oxygen atoms in total. The normalized spacial score (nSPS) is 10.6. The Morgan fingerprint density at radius 3 is 2.63 bits per heavy atom. The summed E-state index contributed by atoms with van der Waals surface area (Å²) in [6.45, 7) is 0.183. The Balaban J connectivity index is 1.92. The molecule has 0 aliphatic heterocycles. The number of benzene rings is 1. The van der Waals surface area contributed by atoms with Gasteiger partial charge in [0.15, 0.2) is 17.3 Å². The van der Waals surface area contributed by atoms with Crippen molar-refractivity contribution in [1.29, 1.82) is 0 Å². The van der Waals surface area contributed by atoms with Gasteiger partial charge in [0.05, 0.1) is 17.1 Å². The molecule has 2 heterocycles. The summed E-state index contributed by atoms with van der Waals surface area (Å²) in [6.07, 6.45) is 3.18. The first-order valence-corrected chi connectivity index (χ1v) is 7.95. The topological polar surface area (TPSA) is 103 Å². The number of rotatable bonds is 5. The van der Waals surface area contributed by atoms with Crippen molar-refractivity contribution in [3.63, 3.8) is 0 Å². The Kier molecular flexibility index (Phi) is 5.13. The minimum absolute atomic E-state index is 0.0782. The number of pyridine rings is 1. The summed E-state index contributed by atoms with van der Waals surface area (Å²) in [6, 6.07) is 6.14. The molecule has 2 aromatic heterocycles. The van der Waals surface area contributed by atoms with E-state index in [1.165, 1.54) is 10.7 Å². The molecule has 0 atom stereocenters. The van der Waals surface area contributed by atoms with Crippen molar-refractivity contribution in [1.82, 2.24) is 14.8 Å². The van der Waals surface area contributed by atoms with Gasteiger partial charge in [-0.15, -0.1) is 0 Å². The van der Waals surface area contributed by atoms with E-state index in [9.17, 15) is 18.4 Å².